The van der Waals surface area contributed by atoms with Crippen molar-refractivity contribution >= 4 is 22.0 Å². The number of halogens is 1. The largest absolute Gasteiger partial charge is 0.444 e. The van der Waals surface area contributed by atoms with Crippen LogP contribution in [0.15, 0.2) is 12.7 Å². The summed E-state index contributed by atoms with van der Waals surface area (Å²) in [5, 5.41) is 1.92. The van der Waals surface area contributed by atoms with E-state index in [4.69, 9.17) is 14.3 Å². The highest BCUT2D eigenvalue weighted by Gasteiger charge is 2.14. The number of carbonyl (C=O) groups excluding carboxylic acids is 1. The number of methoxy groups -OCH3 is 1. The zero-order chi connectivity index (χ0) is 11.5. The smallest absolute Gasteiger partial charge is 0.434 e. The van der Waals surface area contributed by atoms with Crippen LogP contribution < -0.4 is 0 Å². The van der Waals surface area contributed by atoms with Gasteiger partial charge < -0.3 is 9.47 Å². The number of hydrogen-bond donors (Lipinski definition) is 0. The number of rotatable bonds is 8. The van der Waals surface area contributed by atoms with Crippen molar-refractivity contribution in [2.24, 2.45) is 0 Å². The van der Waals surface area contributed by atoms with Crippen LogP contribution in [0.25, 0.3) is 0 Å². The van der Waals surface area contributed by atoms with Crippen molar-refractivity contribution in [1.82, 2.24) is 5.06 Å². The standard InChI is InChI=1S/C9H16BrNO4/c1-3-7-14-9(12)11(6-4-5-10)15-8-13-2/h3H,1,4-8H2,2H3. The van der Waals surface area contributed by atoms with Crippen LogP contribution >= 0.6 is 15.9 Å². The van der Waals surface area contributed by atoms with E-state index >= 15 is 0 Å². The maximum atomic E-state index is 11.4. The fraction of sp³-hybridized carbons (Fsp3) is 0.667. The Morgan fingerprint density at radius 2 is 2.33 bits per heavy atom. The maximum Gasteiger partial charge on any atom is 0.434 e. The number of hydrogen-bond acceptors (Lipinski definition) is 4. The summed E-state index contributed by atoms with van der Waals surface area (Å²) in [6.07, 6.45) is 1.73. The predicted octanol–water partition coefficient (Wildman–Crippen LogP) is 1.93. The lowest BCUT2D eigenvalue weighted by atomic mass is 10.5. The van der Waals surface area contributed by atoms with Gasteiger partial charge in [0.2, 0.25) is 0 Å². The fourth-order valence-electron chi connectivity index (χ4n) is 0.730. The first-order valence-corrected chi connectivity index (χ1v) is 5.61. The Labute approximate surface area is 98.1 Å². The van der Waals surface area contributed by atoms with Crippen molar-refractivity contribution in [1.29, 1.82) is 0 Å². The lowest BCUT2D eigenvalue weighted by molar-refractivity contribution is -0.195. The number of ether oxygens (including phenoxy) is 2. The van der Waals surface area contributed by atoms with E-state index in [1.165, 1.54) is 13.2 Å². The second-order valence-electron chi connectivity index (χ2n) is 2.55. The Hall–Kier alpha value is -0.590. The van der Waals surface area contributed by atoms with Gasteiger partial charge in [-0.3, -0.25) is 0 Å². The van der Waals surface area contributed by atoms with Gasteiger partial charge in [0.05, 0.1) is 6.54 Å². The van der Waals surface area contributed by atoms with Crippen LogP contribution in [0.4, 0.5) is 4.79 Å². The molecule has 0 aliphatic heterocycles. The first-order chi connectivity index (χ1) is 7.26. The lowest BCUT2D eigenvalue weighted by Gasteiger charge is -2.19. The SMILES string of the molecule is C=CCOC(=O)N(CCCBr)OCOC. The number of alkyl halides is 1. The Morgan fingerprint density at radius 1 is 1.60 bits per heavy atom. The van der Waals surface area contributed by atoms with Crippen LogP contribution in [0, 0.1) is 0 Å². The minimum absolute atomic E-state index is 0.0193. The molecule has 0 heterocycles. The molecule has 5 nitrogen and oxygen atoms in total. The molecule has 0 saturated carbocycles. The zero-order valence-electron chi connectivity index (χ0n) is 8.78. The third-order valence-corrected chi connectivity index (χ3v) is 1.91. The van der Waals surface area contributed by atoms with Crippen LogP contribution in [0.3, 0.4) is 0 Å². The predicted molar refractivity (Wildman–Crippen MR) is 59.6 cm³/mol. The fourth-order valence-corrected chi connectivity index (χ4v) is 0.981. The molecule has 15 heavy (non-hydrogen) atoms. The number of nitrogens with zero attached hydrogens (tertiary/aromatic N) is 1. The lowest BCUT2D eigenvalue weighted by Crippen LogP contribution is -2.33. The highest BCUT2D eigenvalue weighted by molar-refractivity contribution is 9.09. The quantitative estimate of drug-likeness (QED) is 0.295. The van der Waals surface area contributed by atoms with Crippen molar-refractivity contribution in [3.63, 3.8) is 0 Å². The number of hydroxylamine groups is 2. The number of amides is 1. The van der Waals surface area contributed by atoms with Gasteiger partial charge in [-0.15, -0.1) is 0 Å². The van der Waals surface area contributed by atoms with Crippen molar-refractivity contribution < 1.29 is 19.1 Å². The van der Waals surface area contributed by atoms with E-state index in [1.807, 2.05) is 0 Å². The van der Waals surface area contributed by atoms with Gasteiger partial charge in [-0.1, -0.05) is 28.6 Å². The summed E-state index contributed by atoms with van der Waals surface area (Å²) in [5.74, 6) is 0. The molecule has 0 fully saturated rings. The third kappa shape index (κ3) is 7.35. The summed E-state index contributed by atoms with van der Waals surface area (Å²) in [7, 11) is 1.48. The molecule has 0 aliphatic carbocycles. The van der Waals surface area contributed by atoms with Gasteiger partial charge in [0.1, 0.15) is 6.61 Å². The van der Waals surface area contributed by atoms with Crippen molar-refractivity contribution in [2.75, 3.05) is 32.4 Å². The second-order valence-corrected chi connectivity index (χ2v) is 3.34. The van der Waals surface area contributed by atoms with Crippen LogP contribution in [0.5, 0.6) is 0 Å². The topological polar surface area (TPSA) is 48.0 Å². The molecular formula is C9H16BrNO4. The molecule has 0 atom stereocenters. The highest BCUT2D eigenvalue weighted by atomic mass is 79.9. The Bertz CT molecular complexity index is 181. The Morgan fingerprint density at radius 3 is 2.87 bits per heavy atom. The molecule has 0 aliphatic rings. The van der Waals surface area contributed by atoms with E-state index in [2.05, 4.69) is 22.5 Å². The zero-order valence-corrected chi connectivity index (χ0v) is 10.4. The molecule has 6 heteroatoms. The molecule has 0 bridgehead atoms. The minimum atomic E-state index is -0.534. The molecule has 88 valence electrons. The molecule has 0 radical (unpaired) electrons. The minimum Gasteiger partial charge on any atom is -0.444 e. The first kappa shape index (κ1) is 14.4. The van der Waals surface area contributed by atoms with Crippen molar-refractivity contribution in [2.45, 2.75) is 6.42 Å². The van der Waals surface area contributed by atoms with Gasteiger partial charge in [-0.2, -0.15) is 5.06 Å². The van der Waals surface area contributed by atoms with Crippen molar-refractivity contribution in [3.05, 3.63) is 12.7 Å². The molecule has 0 N–H and O–H groups in total. The Balaban J connectivity index is 3.95. The monoisotopic (exact) mass is 281 g/mol. The number of carbonyl (C=O) groups is 1. The summed E-state index contributed by atoms with van der Waals surface area (Å²) < 4.78 is 9.52. The molecular weight excluding hydrogens is 266 g/mol. The second kappa shape index (κ2) is 9.95. The Kier molecular flexibility index (Phi) is 9.55. The summed E-state index contributed by atoms with van der Waals surface area (Å²) >= 11 is 3.27. The van der Waals surface area contributed by atoms with Gasteiger partial charge in [0.25, 0.3) is 0 Å². The average molecular weight is 282 g/mol. The molecule has 0 aromatic rings. The summed E-state index contributed by atoms with van der Waals surface area (Å²) in [6.45, 7) is 4.08. The maximum absolute atomic E-state index is 11.4. The van der Waals surface area contributed by atoms with Gasteiger partial charge in [-0.25, -0.2) is 9.63 Å². The first-order valence-electron chi connectivity index (χ1n) is 4.49. The molecule has 0 saturated heterocycles. The molecule has 1 amide bonds. The van der Waals surface area contributed by atoms with Gasteiger partial charge in [-0.05, 0) is 6.42 Å². The molecule has 0 aromatic heterocycles. The normalized spacial score (nSPS) is 9.73. The summed E-state index contributed by atoms with van der Waals surface area (Å²) in [5.41, 5.74) is 0. The third-order valence-electron chi connectivity index (χ3n) is 1.35. The van der Waals surface area contributed by atoms with E-state index in [-0.39, 0.29) is 13.4 Å². The van der Waals surface area contributed by atoms with Gasteiger partial charge in [0.15, 0.2) is 6.79 Å². The van der Waals surface area contributed by atoms with Gasteiger partial charge in [0, 0.05) is 12.4 Å². The molecule has 0 rings (SSSR count). The molecule has 0 unspecified atom stereocenters. The van der Waals surface area contributed by atoms with Crippen molar-refractivity contribution in [3.8, 4) is 0 Å². The average Bonchev–Trinajstić information content (AvgIpc) is 2.26. The van der Waals surface area contributed by atoms with E-state index in [0.29, 0.717) is 6.54 Å². The van der Waals surface area contributed by atoms with Crippen LogP contribution in [-0.2, 0) is 14.3 Å². The summed E-state index contributed by atoms with van der Waals surface area (Å²) in [6, 6.07) is 0. The van der Waals surface area contributed by atoms with Gasteiger partial charge >= 0.3 is 6.09 Å². The van der Waals surface area contributed by atoms with Crippen LogP contribution in [0.1, 0.15) is 6.42 Å². The van der Waals surface area contributed by atoms with E-state index in [0.717, 1.165) is 16.8 Å². The summed E-state index contributed by atoms with van der Waals surface area (Å²) in [4.78, 5) is 16.4. The van der Waals surface area contributed by atoms with E-state index in [9.17, 15) is 4.79 Å². The van der Waals surface area contributed by atoms with E-state index < -0.39 is 6.09 Å². The van der Waals surface area contributed by atoms with E-state index in [1.54, 1.807) is 0 Å². The highest BCUT2D eigenvalue weighted by Crippen LogP contribution is 2.00. The molecule has 0 aromatic carbocycles. The molecule has 0 spiro atoms. The van der Waals surface area contributed by atoms with Crippen LogP contribution in [0.2, 0.25) is 0 Å². The van der Waals surface area contributed by atoms with Crippen LogP contribution in [-0.4, -0.2) is 43.5 Å².